The Balaban J connectivity index is 1.34. The third-order valence-electron chi connectivity index (χ3n) is 3.72. The monoisotopic (exact) mass is 397 g/mol. The molecule has 1 N–H and O–H groups in total. The predicted octanol–water partition coefficient (Wildman–Crippen LogP) is 2.77. The lowest BCUT2D eigenvalue weighted by Gasteiger charge is -2.08. The Hall–Kier alpha value is -3.23. The van der Waals surface area contributed by atoms with Crippen molar-refractivity contribution in [3.63, 3.8) is 0 Å². The Labute approximate surface area is 169 Å². The molecule has 0 spiro atoms. The van der Waals surface area contributed by atoms with E-state index in [-0.39, 0.29) is 25.2 Å². The fourth-order valence-corrected chi connectivity index (χ4v) is 2.37. The lowest BCUT2D eigenvalue weighted by atomic mass is 10.2. The smallest absolute Gasteiger partial charge is 0.325 e. The number of aromatic hydroxyl groups is 1. The predicted molar refractivity (Wildman–Crippen MR) is 105 cm³/mol. The van der Waals surface area contributed by atoms with Crippen molar-refractivity contribution in [3.8, 4) is 18.0 Å². The average molecular weight is 397 g/mol. The maximum atomic E-state index is 9.61. The van der Waals surface area contributed by atoms with Crippen LogP contribution < -0.4 is 9.47 Å². The van der Waals surface area contributed by atoms with Gasteiger partial charge in [0, 0.05) is 0 Å². The molecule has 1 aromatic heterocycles. The zero-order valence-electron chi connectivity index (χ0n) is 15.9. The molecular weight excluding hydrogens is 374 g/mol. The summed E-state index contributed by atoms with van der Waals surface area (Å²) in [6.45, 7) is 2.15. The van der Waals surface area contributed by atoms with Crippen molar-refractivity contribution >= 4 is 0 Å². The molecule has 29 heavy (non-hydrogen) atoms. The summed E-state index contributed by atoms with van der Waals surface area (Å²) in [6, 6.07) is 19.1. The van der Waals surface area contributed by atoms with Gasteiger partial charge in [-0.2, -0.15) is 0 Å². The molecule has 0 saturated carbocycles. The fourth-order valence-electron chi connectivity index (χ4n) is 2.37. The molecule has 3 rings (SSSR count). The van der Waals surface area contributed by atoms with Crippen LogP contribution in [0.1, 0.15) is 11.1 Å². The van der Waals surface area contributed by atoms with E-state index < -0.39 is 6.01 Å². The van der Waals surface area contributed by atoms with Crippen molar-refractivity contribution in [1.29, 1.82) is 0 Å². The molecule has 0 unspecified atom stereocenters. The first-order chi connectivity index (χ1) is 14.3. The van der Waals surface area contributed by atoms with Crippen molar-refractivity contribution in [1.82, 2.24) is 15.0 Å². The van der Waals surface area contributed by atoms with Crippen molar-refractivity contribution in [2.24, 2.45) is 0 Å². The largest absolute Gasteiger partial charge is 0.479 e. The van der Waals surface area contributed by atoms with Gasteiger partial charge in [0.2, 0.25) is 0 Å². The first-order valence-corrected chi connectivity index (χ1v) is 9.23. The summed E-state index contributed by atoms with van der Waals surface area (Å²) in [7, 11) is 0. The SMILES string of the molecule is Oc1nc(OCCOCc2ccccc2)nc(OCCOCc2ccccc2)n1. The lowest BCUT2D eigenvalue weighted by Crippen LogP contribution is -2.11. The number of nitrogens with zero attached hydrogens (tertiary/aromatic N) is 3. The van der Waals surface area contributed by atoms with E-state index in [2.05, 4.69) is 15.0 Å². The highest BCUT2D eigenvalue weighted by Gasteiger charge is 2.08. The van der Waals surface area contributed by atoms with Crippen LogP contribution >= 0.6 is 0 Å². The van der Waals surface area contributed by atoms with E-state index in [1.54, 1.807) is 0 Å². The second-order valence-corrected chi connectivity index (χ2v) is 5.97. The number of benzene rings is 2. The van der Waals surface area contributed by atoms with Crippen molar-refractivity contribution in [3.05, 3.63) is 71.8 Å². The van der Waals surface area contributed by atoms with Crippen LogP contribution in [0.5, 0.6) is 18.0 Å². The van der Waals surface area contributed by atoms with Crippen molar-refractivity contribution in [2.45, 2.75) is 13.2 Å². The second kappa shape index (κ2) is 11.6. The van der Waals surface area contributed by atoms with Gasteiger partial charge in [0.05, 0.1) is 26.4 Å². The number of hydrogen-bond acceptors (Lipinski definition) is 8. The zero-order valence-corrected chi connectivity index (χ0v) is 15.9. The number of aromatic nitrogens is 3. The summed E-state index contributed by atoms with van der Waals surface area (Å²) in [6.07, 6.45) is 0. The Morgan fingerprint density at radius 1 is 0.586 bits per heavy atom. The summed E-state index contributed by atoms with van der Waals surface area (Å²) in [5, 5.41) is 9.61. The van der Waals surface area contributed by atoms with Crippen LogP contribution in [-0.4, -0.2) is 46.5 Å². The van der Waals surface area contributed by atoms with Crippen molar-refractivity contribution in [2.75, 3.05) is 26.4 Å². The van der Waals surface area contributed by atoms with Gasteiger partial charge < -0.3 is 24.1 Å². The molecular formula is C21H23N3O5. The van der Waals surface area contributed by atoms with Crippen molar-refractivity contribution < 1.29 is 24.1 Å². The van der Waals surface area contributed by atoms with Gasteiger partial charge in [0.1, 0.15) is 13.2 Å². The summed E-state index contributed by atoms with van der Waals surface area (Å²) in [5.41, 5.74) is 2.16. The van der Waals surface area contributed by atoms with Gasteiger partial charge in [-0.05, 0) is 11.1 Å². The first kappa shape index (κ1) is 20.5. The topological polar surface area (TPSA) is 95.8 Å². The van der Waals surface area contributed by atoms with Crippen LogP contribution in [0, 0.1) is 0 Å². The molecule has 1 heterocycles. The first-order valence-electron chi connectivity index (χ1n) is 9.23. The third-order valence-corrected chi connectivity index (χ3v) is 3.72. The molecule has 0 saturated heterocycles. The molecule has 0 bridgehead atoms. The van der Waals surface area contributed by atoms with Gasteiger partial charge >= 0.3 is 18.0 Å². The van der Waals surface area contributed by atoms with Crippen LogP contribution in [0.2, 0.25) is 0 Å². The standard InChI is InChI=1S/C21H23N3O5/c25-19-22-20(28-13-11-26-15-17-7-3-1-4-8-17)24-21(23-19)29-14-12-27-16-18-9-5-2-6-10-18/h1-10H,11-16H2,(H,22,23,24,25). The fraction of sp³-hybridized carbons (Fsp3) is 0.286. The molecule has 152 valence electrons. The molecule has 0 radical (unpaired) electrons. The van der Waals surface area contributed by atoms with E-state index in [1.807, 2.05) is 60.7 Å². The quantitative estimate of drug-likeness (QED) is 0.466. The van der Waals surface area contributed by atoms with Gasteiger partial charge in [-0.3, -0.25) is 0 Å². The minimum atomic E-state index is -0.472. The minimum absolute atomic E-state index is 0.0268. The van der Waals surface area contributed by atoms with E-state index in [4.69, 9.17) is 18.9 Å². The van der Waals surface area contributed by atoms with E-state index in [0.717, 1.165) is 11.1 Å². The number of ether oxygens (including phenoxy) is 4. The molecule has 3 aromatic rings. The van der Waals surface area contributed by atoms with Crippen LogP contribution in [-0.2, 0) is 22.7 Å². The zero-order chi connectivity index (χ0) is 20.2. The Bertz CT molecular complexity index is 782. The summed E-state index contributed by atoms with van der Waals surface area (Å²) >= 11 is 0. The maximum absolute atomic E-state index is 9.61. The summed E-state index contributed by atoms with van der Waals surface area (Å²) < 4.78 is 21.8. The molecule has 0 aliphatic heterocycles. The Morgan fingerprint density at radius 3 is 1.48 bits per heavy atom. The van der Waals surface area contributed by atoms with Gasteiger partial charge in [0.25, 0.3) is 0 Å². The average Bonchev–Trinajstić information content (AvgIpc) is 2.74. The Kier molecular flexibility index (Phi) is 8.18. The number of hydrogen-bond donors (Lipinski definition) is 1. The second-order valence-electron chi connectivity index (χ2n) is 5.97. The van der Waals surface area contributed by atoms with Gasteiger partial charge in [-0.1, -0.05) is 60.7 Å². The normalized spacial score (nSPS) is 10.6. The molecule has 0 amide bonds. The highest BCUT2D eigenvalue weighted by molar-refractivity contribution is 5.14. The summed E-state index contributed by atoms with van der Waals surface area (Å²) in [4.78, 5) is 11.4. The highest BCUT2D eigenvalue weighted by atomic mass is 16.5. The van der Waals surface area contributed by atoms with Crippen LogP contribution in [0.3, 0.4) is 0 Å². The van der Waals surface area contributed by atoms with Crippen LogP contribution in [0.15, 0.2) is 60.7 Å². The molecule has 0 atom stereocenters. The number of rotatable bonds is 12. The summed E-state index contributed by atoms with van der Waals surface area (Å²) in [5.74, 6) is 0. The highest BCUT2D eigenvalue weighted by Crippen LogP contribution is 2.13. The lowest BCUT2D eigenvalue weighted by molar-refractivity contribution is 0.0803. The maximum Gasteiger partial charge on any atom is 0.325 e. The molecule has 0 fully saturated rings. The molecule has 2 aromatic carbocycles. The van der Waals surface area contributed by atoms with Crippen LogP contribution in [0.4, 0.5) is 0 Å². The van der Waals surface area contributed by atoms with Gasteiger partial charge in [-0.25, -0.2) is 0 Å². The molecule has 8 heteroatoms. The Morgan fingerprint density at radius 2 is 1.03 bits per heavy atom. The van der Waals surface area contributed by atoms with E-state index in [1.165, 1.54) is 0 Å². The van der Waals surface area contributed by atoms with Gasteiger partial charge in [0.15, 0.2) is 0 Å². The van der Waals surface area contributed by atoms with Gasteiger partial charge in [-0.15, -0.1) is 15.0 Å². The van der Waals surface area contributed by atoms with E-state index in [0.29, 0.717) is 26.4 Å². The molecule has 0 aliphatic rings. The van der Waals surface area contributed by atoms with E-state index >= 15 is 0 Å². The minimum Gasteiger partial charge on any atom is -0.479 e. The third kappa shape index (κ3) is 7.73. The molecule has 8 nitrogen and oxygen atoms in total. The van der Waals surface area contributed by atoms with Crippen LogP contribution in [0.25, 0.3) is 0 Å². The molecule has 0 aliphatic carbocycles. The van der Waals surface area contributed by atoms with E-state index in [9.17, 15) is 5.11 Å².